The van der Waals surface area contributed by atoms with Crippen molar-refractivity contribution in [1.82, 2.24) is 24.6 Å². The van der Waals surface area contributed by atoms with Crippen molar-refractivity contribution in [2.24, 2.45) is 0 Å². The van der Waals surface area contributed by atoms with Crippen molar-refractivity contribution < 1.29 is 9.53 Å². The van der Waals surface area contributed by atoms with Crippen LogP contribution in [0.2, 0.25) is 0 Å². The number of H-pyrrole nitrogens is 1. The van der Waals surface area contributed by atoms with Gasteiger partial charge in [0.05, 0.1) is 18.5 Å². The number of rotatable bonds is 6. The number of aromatic amines is 1. The summed E-state index contributed by atoms with van der Waals surface area (Å²) in [6.07, 6.45) is 7.18. The molecule has 4 rings (SSSR count). The fourth-order valence-corrected chi connectivity index (χ4v) is 4.36. The smallest absolute Gasteiger partial charge is 0.288 e. The van der Waals surface area contributed by atoms with Crippen molar-refractivity contribution in [2.45, 2.75) is 18.9 Å². The zero-order valence-corrected chi connectivity index (χ0v) is 19.2. The first-order valence-corrected chi connectivity index (χ1v) is 11.0. The molecule has 0 aliphatic carbocycles. The van der Waals surface area contributed by atoms with Crippen LogP contribution in [0.15, 0.2) is 47.4 Å². The molecule has 1 unspecified atom stereocenters. The molecule has 0 bridgehead atoms. The summed E-state index contributed by atoms with van der Waals surface area (Å²) in [5, 5.41) is 7.13. The van der Waals surface area contributed by atoms with Crippen LogP contribution in [-0.2, 0) is 4.79 Å². The van der Waals surface area contributed by atoms with Gasteiger partial charge in [-0.2, -0.15) is 5.10 Å². The second-order valence-corrected chi connectivity index (χ2v) is 8.59. The van der Waals surface area contributed by atoms with Crippen LogP contribution < -0.4 is 16.0 Å². The number of methoxy groups -OCH3 is 1. The fraction of sp³-hybridized carbons (Fsp3) is 0.375. The number of ether oxygens (including phenoxy) is 1. The number of likely N-dealkylation sites (N-methyl/N-ethyl adjacent to an activating group) is 1. The third kappa shape index (κ3) is 4.63. The minimum atomic E-state index is -0.298. The number of nitrogens with one attached hydrogen (secondary N) is 1. The molecule has 0 spiro atoms. The van der Waals surface area contributed by atoms with Crippen molar-refractivity contribution in [2.75, 3.05) is 46.6 Å². The van der Waals surface area contributed by atoms with Crippen LogP contribution in [0.1, 0.15) is 18.9 Å². The van der Waals surface area contributed by atoms with E-state index in [-0.39, 0.29) is 23.3 Å². The van der Waals surface area contributed by atoms with Crippen LogP contribution in [0, 0.1) is 0 Å². The quantitative estimate of drug-likeness (QED) is 0.558. The summed E-state index contributed by atoms with van der Waals surface area (Å²) in [4.78, 5) is 29.4. The second-order valence-electron chi connectivity index (χ2n) is 8.59. The third-order valence-corrected chi connectivity index (χ3v) is 6.02. The summed E-state index contributed by atoms with van der Waals surface area (Å²) in [5.74, 6) is 1.00. The van der Waals surface area contributed by atoms with Gasteiger partial charge >= 0.3 is 0 Å². The molecule has 1 aliphatic rings. The summed E-state index contributed by atoms with van der Waals surface area (Å²) in [5.41, 5.74) is 8.15. The van der Waals surface area contributed by atoms with E-state index in [1.54, 1.807) is 13.2 Å². The van der Waals surface area contributed by atoms with Crippen molar-refractivity contribution >= 4 is 22.6 Å². The second kappa shape index (κ2) is 9.50. The zero-order valence-electron chi connectivity index (χ0n) is 19.2. The highest BCUT2D eigenvalue weighted by Crippen LogP contribution is 2.36. The number of anilines is 1. The van der Waals surface area contributed by atoms with E-state index in [4.69, 9.17) is 10.5 Å². The first kappa shape index (κ1) is 22.6. The average molecular weight is 451 g/mol. The van der Waals surface area contributed by atoms with E-state index in [0.717, 1.165) is 29.7 Å². The van der Waals surface area contributed by atoms with E-state index < -0.39 is 0 Å². The highest BCUT2D eigenvalue weighted by molar-refractivity contribution is 6.02. The summed E-state index contributed by atoms with van der Waals surface area (Å²) in [7, 11) is 5.54. The van der Waals surface area contributed by atoms with Crippen LogP contribution in [-0.4, -0.2) is 71.3 Å². The number of amides is 1. The lowest BCUT2D eigenvalue weighted by Gasteiger charge is -2.33. The van der Waals surface area contributed by atoms with Crippen molar-refractivity contribution in [3.05, 3.63) is 53.0 Å². The number of nitrogens with two attached hydrogens (primary N) is 1. The Labute approximate surface area is 192 Å². The van der Waals surface area contributed by atoms with E-state index in [9.17, 15) is 9.59 Å². The molecule has 1 saturated heterocycles. The van der Waals surface area contributed by atoms with Gasteiger partial charge in [-0.25, -0.2) is 5.10 Å². The molecule has 3 N–H and O–H groups in total. The number of benzene rings is 1. The van der Waals surface area contributed by atoms with Crippen LogP contribution in [0.25, 0.3) is 22.0 Å². The van der Waals surface area contributed by atoms with Crippen LogP contribution in [0.5, 0.6) is 5.75 Å². The number of likely N-dealkylation sites (tertiary alicyclic amines) is 1. The molecule has 1 atom stereocenters. The van der Waals surface area contributed by atoms with Crippen molar-refractivity contribution in [3.8, 4) is 16.9 Å². The summed E-state index contributed by atoms with van der Waals surface area (Å²) in [6, 6.07) is 7.57. The predicted octanol–water partition coefficient (Wildman–Crippen LogP) is 2.26. The SMILES string of the molecule is COc1ccc(-c2cn(C3CCCN(C(=O)/C=C/CN(C)C)C3)c3c(=O)[nH]nc(N)c23)cc1. The van der Waals surface area contributed by atoms with Crippen LogP contribution in [0.3, 0.4) is 0 Å². The van der Waals surface area contributed by atoms with Crippen molar-refractivity contribution in [1.29, 1.82) is 0 Å². The number of hydrogen-bond acceptors (Lipinski definition) is 6. The number of nitrogens with zero attached hydrogens (tertiary/aromatic N) is 4. The Morgan fingerprint density at radius 3 is 2.79 bits per heavy atom. The maximum atomic E-state index is 12.8. The molecular formula is C24H30N6O3. The maximum absolute atomic E-state index is 12.8. The molecule has 2 aromatic heterocycles. The number of nitrogen functional groups attached to an aromatic ring is 1. The fourth-order valence-electron chi connectivity index (χ4n) is 4.36. The van der Waals surface area contributed by atoms with E-state index in [1.165, 1.54) is 0 Å². The van der Waals surface area contributed by atoms with Gasteiger partial charge in [0.25, 0.3) is 5.56 Å². The number of piperidine rings is 1. The molecule has 1 fully saturated rings. The Morgan fingerprint density at radius 1 is 1.33 bits per heavy atom. The molecule has 3 aromatic rings. The lowest BCUT2D eigenvalue weighted by molar-refractivity contribution is -0.127. The molecule has 9 nitrogen and oxygen atoms in total. The summed E-state index contributed by atoms with van der Waals surface area (Å²) < 4.78 is 7.24. The molecule has 174 valence electrons. The molecule has 33 heavy (non-hydrogen) atoms. The van der Waals surface area contributed by atoms with Gasteiger partial charge in [0, 0.05) is 37.5 Å². The molecule has 3 heterocycles. The Hall–Kier alpha value is -3.59. The minimum Gasteiger partial charge on any atom is -0.497 e. The normalized spacial score (nSPS) is 16.7. The molecule has 9 heteroatoms. The highest BCUT2D eigenvalue weighted by atomic mass is 16.5. The standard InChI is InChI=1S/C24H30N6O3/c1-28(2)12-5-7-20(31)29-13-4-6-17(14-29)30-15-19(16-8-10-18(33-3)11-9-16)21-22(30)24(32)27-26-23(21)25/h5,7-11,15,17H,4,6,12-14H2,1-3H3,(H2,25,26)(H,27,32)/b7-5+. The number of fused-ring (bicyclic) bond motifs is 1. The van der Waals surface area contributed by atoms with Gasteiger partial charge in [-0.3, -0.25) is 9.59 Å². The predicted molar refractivity (Wildman–Crippen MR) is 129 cm³/mol. The van der Waals surface area contributed by atoms with Gasteiger partial charge < -0.3 is 24.8 Å². The van der Waals surface area contributed by atoms with E-state index in [0.29, 0.717) is 30.5 Å². The van der Waals surface area contributed by atoms with Crippen molar-refractivity contribution in [3.63, 3.8) is 0 Å². The van der Waals surface area contributed by atoms with Gasteiger partial charge in [0.15, 0.2) is 5.82 Å². The minimum absolute atomic E-state index is 0.0107. The van der Waals surface area contributed by atoms with Gasteiger partial charge in [-0.15, -0.1) is 0 Å². The highest BCUT2D eigenvalue weighted by Gasteiger charge is 2.27. The molecule has 1 aliphatic heterocycles. The number of carbonyl (C=O) groups is 1. The topological polar surface area (TPSA) is 109 Å². The first-order valence-electron chi connectivity index (χ1n) is 11.0. The van der Waals surface area contributed by atoms with Gasteiger partial charge in [0.1, 0.15) is 11.3 Å². The molecule has 1 amide bonds. The van der Waals surface area contributed by atoms with E-state index in [2.05, 4.69) is 10.2 Å². The molecule has 1 aromatic carbocycles. The Morgan fingerprint density at radius 2 is 2.09 bits per heavy atom. The van der Waals surface area contributed by atoms with E-state index >= 15 is 0 Å². The lowest BCUT2D eigenvalue weighted by Crippen LogP contribution is -2.40. The average Bonchev–Trinajstić information content (AvgIpc) is 3.23. The Kier molecular flexibility index (Phi) is 6.50. The number of carbonyl (C=O) groups excluding carboxylic acids is 1. The molecule has 0 radical (unpaired) electrons. The van der Waals surface area contributed by atoms with Gasteiger partial charge in [-0.1, -0.05) is 18.2 Å². The Bertz CT molecular complexity index is 1230. The molecule has 0 saturated carbocycles. The van der Waals surface area contributed by atoms with Crippen LogP contribution >= 0.6 is 0 Å². The summed E-state index contributed by atoms with van der Waals surface area (Å²) in [6.45, 7) is 1.93. The zero-order chi connectivity index (χ0) is 23.5. The van der Waals surface area contributed by atoms with Gasteiger partial charge in [-0.05, 0) is 44.6 Å². The van der Waals surface area contributed by atoms with E-state index in [1.807, 2.05) is 65.0 Å². The third-order valence-electron chi connectivity index (χ3n) is 6.02. The maximum Gasteiger partial charge on any atom is 0.288 e. The summed E-state index contributed by atoms with van der Waals surface area (Å²) >= 11 is 0. The monoisotopic (exact) mass is 450 g/mol. The first-order chi connectivity index (χ1) is 15.9. The van der Waals surface area contributed by atoms with Gasteiger partial charge in [0.2, 0.25) is 5.91 Å². The Balaban J connectivity index is 1.71. The van der Waals surface area contributed by atoms with Crippen LogP contribution in [0.4, 0.5) is 5.82 Å². The number of hydrogen-bond donors (Lipinski definition) is 2. The largest absolute Gasteiger partial charge is 0.497 e. The molecular weight excluding hydrogens is 420 g/mol. The lowest BCUT2D eigenvalue weighted by atomic mass is 10.1. The number of aromatic nitrogens is 3.